The van der Waals surface area contributed by atoms with Crippen LogP contribution in [-0.4, -0.2) is 18.8 Å². The number of halogens is 4. The topological polar surface area (TPSA) is 29.3 Å². The molecule has 1 aliphatic rings. The van der Waals surface area contributed by atoms with Crippen LogP contribution in [0.3, 0.4) is 0 Å². The Bertz CT molecular complexity index is 452. The molecule has 1 aromatic carbocycles. The molecule has 0 radical (unpaired) electrons. The molecule has 2 nitrogen and oxygen atoms in total. The largest absolute Gasteiger partial charge is 0.405 e. The van der Waals surface area contributed by atoms with E-state index in [1.165, 1.54) is 17.9 Å². The summed E-state index contributed by atoms with van der Waals surface area (Å²) in [5.41, 5.74) is 6.25. The predicted octanol–water partition coefficient (Wildman–Crippen LogP) is 3.25. The zero-order valence-corrected chi connectivity index (χ0v) is 9.89. The van der Waals surface area contributed by atoms with E-state index in [0.29, 0.717) is 18.4 Å². The Morgan fingerprint density at radius 3 is 2.44 bits per heavy atom. The van der Waals surface area contributed by atoms with Gasteiger partial charge in [0.05, 0.1) is 11.4 Å². The van der Waals surface area contributed by atoms with Gasteiger partial charge in [-0.05, 0) is 37.5 Å². The summed E-state index contributed by atoms with van der Waals surface area (Å²) in [4.78, 5) is 1.22. The van der Waals surface area contributed by atoms with Crippen molar-refractivity contribution < 1.29 is 17.6 Å². The average molecular weight is 262 g/mol. The van der Waals surface area contributed by atoms with Gasteiger partial charge < -0.3 is 10.6 Å². The molecule has 6 heteroatoms. The lowest BCUT2D eigenvalue weighted by Gasteiger charge is -2.27. The molecule has 2 N–H and O–H groups in total. The van der Waals surface area contributed by atoms with Gasteiger partial charge in [0.2, 0.25) is 0 Å². The maximum absolute atomic E-state index is 13.3. The summed E-state index contributed by atoms with van der Waals surface area (Å²) in [7, 11) is 0. The maximum Gasteiger partial charge on any atom is 0.405 e. The van der Waals surface area contributed by atoms with Gasteiger partial charge in [-0.1, -0.05) is 0 Å². The zero-order chi connectivity index (χ0) is 13.5. The monoisotopic (exact) mass is 262 g/mol. The highest BCUT2D eigenvalue weighted by molar-refractivity contribution is 5.69. The molecule has 0 atom stereocenters. The second-order valence-electron chi connectivity index (χ2n) is 4.63. The van der Waals surface area contributed by atoms with Gasteiger partial charge in [-0.3, -0.25) is 0 Å². The summed E-state index contributed by atoms with van der Waals surface area (Å²) in [6, 6.07) is 2.32. The van der Waals surface area contributed by atoms with Gasteiger partial charge in [0.25, 0.3) is 0 Å². The molecule has 1 saturated carbocycles. The van der Waals surface area contributed by atoms with Crippen molar-refractivity contribution in [3.63, 3.8) is 0 Å². The fourth-order valence-corrected chi connectivity index (χ4v) is 1.92. The lowest BCUT2D eigenvalue weighted by molar-refractivity contribution is -0.119. The second kappa shape index (κ2) is 4.33. The molecule has 0 amide bonds. The van der Waals surface area contributed by atoms with E-state index in [1.807, 2.05) is 0 Å². The standard InChI is InChI=1S/C12H14F4N2/c1-7-4-11(10(17)5-9(7)13)18(8-2-3-8)6-12(14,15)16/h4-5,8H,2-3,6,17H2,1H3. The number of rotatable bonds is 3. The van der Waals surface area contributed by atoms with Gasteiger partial charge in [-0.2, -0.15) is 13.2 Å². The van der Waals surface area contributed by atoms with E-state index in [9.17, 15) is 17.6 Å². The summed E-state index contributed by atoms with van der Waals surface area (Å²) >= 11 is 0. The number of alkyl halides is 3. The van der Waals surface area contributed by atoms with E-state index >= 15 is 0 Å². The van der Waals surface area contributed by atoms with Crippen molar-refractivity contribution in [1.29, 1.82) is 0 Å². The van der Waals surface area contributed by atoms with Crippen LogP contribution in [0.5, 0.6) is 0 Å². The summed E-state index contributed by atoms with van der Waals surface area (Å²) in [5.74, 6) is -0.501. The molecule has 0 spiro atoms. The fraction of sp³-hybridized carbons (Fsp3) is 0.500. The first kappa shape index (κ1) is 13.0. The van der Waals surface area contributed by atoms with Crippen molar-refractivity contribution in [1.82, 2.24) is 0 Å². The smallest absolute Gasteiger partial charge is 0.397 e. The third-order valence-electron chi connectivity index (χ3n) is 2.95. The van der Waals surface area contributed by atoms with Crippen LogP contribution in [-0.2, 0) is 0 Å². The van der Waals surface area contributed by atoms with Crippen molar-refractivity contribution in [2.45, 2.75) is 32.0 Å². The Kier molecular flexibility index (Phi) is 3.12. The second-order valence-corrected chi connectivity index (χ2v) is 4.63. The molecule has 0 saturated heterocycles. The van der Waals surface area contributed by atoms with Crippen molar-refractivity contribution in [2.75, 3.05) is 17.2 Å². The van der Waals surface area contributed by atoms with Crippen LogP contribution < -0.4 is 10.6 Å². The Balaban J connectivity index is 2.34. The van der Waals surface area contributed by atoms with E-state index in [4.69, 9.17) is 5.73 Å². The Hall–Kier alpha value is -1.46. The van der Waals surface area contributed by atoms with E-state index in [0.717, 1.165) is 6.07 Å². The van der Waals surface area contributed by atoms with E-state index in [1.54, 1.807) is 0 Å². The van der Waals surface area contributed by atoms with Crippen LogP contribution in [0.15, 0.2) is 12.1 Å². The molecule has 0 unspecified atom stereocenters. The van der Waals surface area contributed by atoms with Gasteiger partial charge in [0.1, 0.15) is 12.4 Å². The van der Waals surface area contributed by atoms with Gasteiger partial charge in [-0.25, -0.2) is 4.39 Å². The first-order valence-electron chi connectivity index (χ1n) is 5.67. The van der Waals surface area contributed by atoms with Gasteiger partial charge >= 0.3 is 6.18 Å². The van der Waals surface area contributed by atoms with Gasteiger partial charge in [0, 0.05) is 6.04 Å². The van der Waals surface area contributed by atoms with Crippen molar-refractivity contribution >= 4 is 11.4 Å². The summed E-state index contributed by atoms with van der Waals surface area (Å²) in [5, 5.41) is 0. The normalized spacial score (nSPS) is 15.8. The molecular weight excluding hydrogens is 248 g/mol. The molecule has 0 aromatic heterocycles. The quantitative estimate of drug-likeness (QED) is 0.669. The lowest BCUT2D eigenvalue weighted by atomic mass is 10.1. The SMILES string of the molecule is Cc1cc(N(CC(F)(F)F)C2CC2)c(N)cc1F. The summed E-state index contributed by atoms with van der Waals surface area (Å²) in [6.07, 6.45) is -2.87. The number of nitrogens with zero attached hydrogens (tertiary/aromatic N) is 1. The third-order valence-corrected chi connectivity index (χ3v) is 2.95. The van der Waals surface area contributed by atoms with Crippen LogP contribution in [0, 0.1) is 12.7 Å². The first-order valence-corrected chi connectivity index (χ1v) is 5.67. The number of hydrogen-bond donors (Lipinski definition) is 1. The average Bonchev–Trinajstić information content (AvgIpc) is 3.02. The molecule has 0 aliphatic heterocycles. The van der Waals surface area contributed by atoms with Crippen molar-refractivity contribution in [2.24, 2.45) is 0 Å². The zero-order valence-electron chi connectivity index (χ0n) is 9.89. The Morgan fingerprint density at radius 1 is 1.33 bits per heavy atom. The predicted molar refractivity (Wildman–Crippen MR) is 62.0 cm³/mol. The summed E-state index contributed by atoms with van der Waals surface area (Å²) < 4.78 is 50.9. The molecule has 18 heavy (non-hydrogen) atoms. The molecule has 0 bridgehead atoms. The number of nitrogen functional groups attached to an aromatic ring is 1. The van der Waals surface area contributed by atoms with Crippen LogP contribution in [0.25, 0.3) is 0 Å². The minimum absolute atomic E-state index is 0.0502. The molecule has 1 fully saturated rings. The van der Waals surface area contributed by atoms with E-state index in [-0.39, 0.29) is 17.4 Å². The molecule has 2 rings (SSSR count). The molecular formula is C12H14F4N2. The number of aryl methyl sites for hydroxylation is 1. The highest BCUT2D eigenvalue weighted by Crippen LogP contribution is 2.37. The number of benzene rings is 1. The van der Waals surface area contributed by atoms with Crippen molar-refractivity contribution in [3.05, 3.63) is 23.5 Å². The Morgan fingerprint density at radius 2 is 1.94 bits per heavy atom. The summed E-state index contributed by atoms with van der Waals surface area (Å²) in [6.45, 7) is 0.462. The highest BCUT2D eigenvalue weighted by atomic mass is 19.4. The molecule has 0 heterocycles. The van der Waals surface area contributed by atoms with Crippen LogP contribution >= 0.6 is 0 Å². The van der Waals surface area contributed by atoms with Crippen LogP contribution in [0.1, 0.15) is 18.4 Å². The van der Waals surface area contributed by atoms with Crippen LogP contribution in [0.4, 0.5) is 28.9 Å². The van der Waals surface area contributed by atoms with Gasteiger partial charge in [0.15, 0.2) is 0 Å². The number of hydrogen-bond acceptors (Lipinski definition) is 2. The van der Waals surface area contributed by atoms with E-state index < -0.39 is 18.5 Å². The van der Waals surface area contributed by atoms with Gasteiger partial charge in [-0.15, -0.1) is 0 Å². The number of anilines is 2. The number of nitrogens with two attached hydrogens (primary N) is 1. The van der Waals surface area contributed by atoms with Crippen LogP contribution in [0.2, 0.25) is 0 Å². The molecule has 1 aliphatic carbocycles. The van der Waals surface area contributed by atoms with Crippen molar-refractivity contribution in [3.8, 4) is 0 Å². The first-order chi connectivity index (χ1) is 8.28. The minimum Gasteiger partial charge on any atom is -0.397 e. The fourth-order valence-electron chi connectivity index (χ4n) is 1.92. The Labute approximate surface area is 102 Å². The minimum atomic E-state index is -4.29. The third kappa shape index (κ3) is 2.86. The molecule has 1 aromatic rings. The maximum atomic E-state index is 13.3. The van der Waals surface area contributed by atoms with E-state index in [2.05, 4.69) is 0 Å². The molecule has 100 valence electrons. The highest BCUT2D eigenvalue weighted by Gasteiger charge is 2.38. The lowest BCUT2D eigenvalue weighted by Crippen LogP contribution is -2.36.